The van der Waals surface area contributed by atoms with Crippen LogP contribution >= 0.6 is 0 Å². The number of carbonyl (C=O) groups is 1. The van der Waals surface area contributed by atoms with Gasteiger partial charge in [-0.25, -0.2) is 14.4 Å². The molecule has 6 nitrogen and oxygen atoms in total. The van der Waals surface area contributed by atoms with Crippen LogP contribution in [-0.2, 0) is 11.3 Å². The van der Waals surface area contributed by atoms with E-state index in [4.69, 9.17) is 0 Å². The zero-order chi connectivity index (χ0) is 20.4. The summed E-state index contributed by atoms with van der Waals surface area (Å²) < 4.78 is 15.5. The number of piperidine rings is 1. The molecule has 29 heavy (non-hydrogen) atoms. The first-order valence-electron chi connectivity index (χ1n) is 10.1. The van der Waals surface area contributed by atoms with Gasteiger partial charge in [0, 0.05) is 43.8 Å². The molecule has 1 amide bonds. The van der Waals surface area contributed by atoms with E-state index in [-0.39, 0.29) is 17.6 Å². The number of benzene rings is 1. The first-order valence-corrected chi connectivity index (χ1v) is 10.1. The fourth-order valence-electron chi connectivity index (χ4n) is 4.02. The van der Waals surface area contributed by atoms with Gasteiger partial charge in [0.1, 0.15) is 5.82 Å². The predicted octanol–water partition coefficient (Wildman–Crippen LogP) is 3.22. The van der Waals surface area contributed by atoms with Crippen molar-refractivity contribution >= 4 is 22.8 Å². The smallest absolute Gasteiger partial charge is 0.225 e. The van der Waals surface area contributed by atoms with Gasteiger partial charge < -0.3 is 14.8 Å². The molecular formula is C22H26FN5O. The zero-order valence-electron chi connectivity index (χ0n) is 16.9. The summed E-state index contributed by atoms with van der Waals surface area (Å²) >= 11 is 0. The molecule has 0 spiro atoms. The van der Waals surface area contributed by atoms with Crippen molar-refractivity contribution < 1.29 is 9.18 Å². The van der Waals surface area contributed by atoms with Crippen LogP contribution in [-0.4, -0.2) is 40.1 Å². The van der Waals surface area contributed by atoms with Gasteiger partial charge in [-0.2, -0.15) is 0 Å². The second-order valence-electron chi connectivity index (χ2n) is 7.74. The first-order chi connectivity index (χ1) is 14.0. The number of hydrogen-bond donors (Lipinski definition) is 1. The molecule has 4 rings (SSSR count). The van der Waals surface area contributed by atoms with E-state index < -0.39 is 0 Å². The Kier molecular flexibility index (Phi) is 5.47. The Morgan fingerprint density at radius 2 is 2.00 bits per heavy atom. The van der Waals surface area contributed by atoms with Crippen LogP contribution < -0.4 is 10.2 Å². The second-order valence-corrected chi connectivity index (χ2v) is 7.74. The van der Waals surface area contributed by atoms with E-state index in [9.17, 15) is 9.18 Å². The largest absolute Gasteiger partial charge is 0.354 e. The van der Waals surface area contributed by atoms with Crippen LogP contribution in [0, 0.1) is 25.6 Å². The lowest BCUT2D eigenvalue weighted by atomic mass is 9.97. The molecule has 1 saturated heterocycles. The number of hydrogen-bond acceptors (Lipinski definition) is 4. The predicted molar refractivity (Wildman–Crippen MR) is 111 cm³/mol. The van der Waals surface area contributed by atoms with Gasteiger partial charge in [0.25, 0.3) is 0 Å². The van der Waals surface area contributed by atoms with E-state index in [1.807, 2.05) is 36.7 Å². The molecule has 1 fully saturated rings. The lowest BCUT2D eigenvalue weighted by molar-refractivity contribution is -0.125. The Morgan fingerprint density at radius 3 is 2.79 bits per heavy atom. The first kappa shape index (κ1) is 19.4. The van der Waals surface area contributed by atoms with E-state index in [0.29, 0.717) is 25.6 Å². The Hall–Kier alpha value is -2.96. The van der Waals surface area contributed by atoms with Crippen molar-refractivity contribution in [1.82, 2.24) is 19.9 Å². The molecule has 0 radical (unpaired) electrons. The summed E-state index contributed by atoms with van der Waals surface area (Å²) in [5.41, 5.74) is 2.72. The molecule has 1 aromatic carbocycles. The highest BCUT2D eigenvalue weighted by Gasteiger charge is 2.27. The van der Waals surface area contributed by atoms with Crippen molar-refractivity contribution in [3.05, 3.63) is 53.7 Å². The number of halogens is 1. The van der Waals surface area contributed by atoms with Gasteiger partial charge in [-0.15, -0.1) is 0 Å². The van der Waals surface area contributed by atoms with Crippen molar-refractivity contribution in [3.8, 4) is 0 Å². The quantitative estimate of drug-likeness (QED) is 0.721. The summed E-state index contributed by atoms with van der Waals surface area (Å²) in [6.45, 7) is 6.54. The van der Waals surface area contributed by atoms with Crippen LogP contribution in [0.4, 0.5) is 10.3 Å². The van der Waals surface area contributed by atoms with Gasteiger partial charge in [0.05, 0.1) is 11.4 Å². The molecule has 0 aliphatic carbocycles. The molecule has 1 aliphatic rings. The van der Waals surface area contributed by atoms with Crippen LogP contribution in [0.2, 0.25) is 0 Å². The minimum Gasteiger partial charge on any atom is -0.354 e. The van der Waals surface area contributed by atoms with E-state index in [1.165, 1.54) is 12.1 Å². The summed E-state index contributed by atoms with van der Waals surface area (Å²) in [5.74, 6) is 0.437. The molecular weight excluding hydrogens is 369 g/mol. The van der Waals surface area contributed by atoms with Gasteiger partial charge in [0.15, 0.2) is 0 Å². The number of nitrogens with zero attached hydrogens (tertiary/aromatic N) is 4. The third-order valence-corrected chi connectivity index (χ3v) is 5.43. The number of aryl methyl sites for hydroxylation is 2. The number of rotatable bonds is 5. The number of amides is 1. The topological polar surface area (TPSA) is 63.1 Å². The number of nitrogens with one attached hydrogen (secondary N) is 1. The monoisotopic (exact) mass is 395 g/mol. The molecule has 0 unspecified atom stereocenters. The Balaban J connectivity index is 1.35. The lowest BCUT2D eigenvalue weighted by Crippen LogP contribution is -2.44. The van der Waals surface area contributed by atoms with Crippen LogP contribution in [0.25, 0.3) is 10.9 Å². The van der Waals surface area contributed by atoms with E-state index in [0.717, 1.165) is 41.7 Å². The van der Waals surface area contributed by atoms with Crippen molar-refractivity contribution in [2.45, 2.75) is 33.2 Å². The van der Waals surface area contributed by atoms with Crippen molar-refractivity contribution in [3.63, 3.8) is 0 Å². The number of fused-ring (bicyclic) bond motifs is 1. The molecule has 2 aromatic heterocycles. The van der Waals surface area contributed by atoms with Gasteiger partial charge in [-0.05, 0) is 62.4 Å². The van der Waals surface area contributed by atoms with Gasteiger partial charge >= 0.3 is 0 Å². The molecule has 1 N–H and O–H groups in total. The molecule has 1 atom stereocenters. The minimum absolute atomic E-state index is 0.0571. The highest BCUT2D eigenvalue weighted by atomic mass is 19.1. The van der Waals surface area contributed by atoms with Gasteiger partial charge in [0.2, 0.25) is 11.9 Å². The van der Waals surface area contributed by atoms with Crippen molar-refractivity contribution in [1.29, 1.82) is 0 Å². The van der Waals surface area contributed by atoms with Gasteiger partial charge in [-0.3, -0.25) is 4.79 Å². The standard InChI is InChI=1S/C22H26FN5O/c1-15-12-16(2)26-22(25-15)28-9-3-4-18(14-28)21(29)24-8-11-27-10-7-17-5-6-19(23)13-20(17)27/h5-7,10,12-13,18H,3-4,8-9,11,14H2,1-2H3,(H,24,29)/t18-/m1/s1. The highest BCUT2D eigenvalue weighted by Crippen LogP contribution is 2.21. The fourth-order valence-corrected chi connectivity index (χ4v) is 4.02. The maximum absolute atomic E-state index is 13.5. The SMILES string of the molecule is Cc1cc(C)nc(N2CCC[C@@H](C(=O)NCCn3ccc4ccc(F)cc43)C2)n1. The third-order valence-electron chi connectivity index (χ3n) is 5.43. The van der Waals surface area contributed by atoms with Crippen LogP contribution in [0.1, 0.15) is 24.2 Å². The van der Waals surface area contributed by atoms with Crippen molar-refractivity contribution in [2.75, 3.05) is 24.5 Å². The molecule has 3 heterocycles. The second kappa shape index (κ2) is 8.19. The zero-order valence-corrected chi connectivity index (χ0v) is 16.9. The van der Waals surface area contributed by atoms with E-state index in [1.54, 1.807) is 6.07 Å². The van der Waals surface area contributed by atoms with Crippen LogP contribution in [0.15, 0.2) is 36.5 Å². The maximum Gasteiger partial charge on any atom is 0.225 e. The lowest BCUT2D eigenvalue weighted by Gasteiger charge is -2.32. The maximum atomic E-state index is 13.5. The molecule has 0 saturated carbocycles. The number of anilines is 1. The van der Waals surface area contributed by atoms with E-state index >= 15 is 0 Å². The number of carbonyl (C=O) groups excluding carboxylic acids is 1. The van der Waals surface area contributed by atoms with Crippen LogP contribution in [0.3, 0.4) is 0 Å². The summed E-state index contributed by atoms with van der Waals surface area (Å²) in [4.78, 5) is 23.9. The Labute approximate surface area is 169 Å². The summed E-state index contributed by atoms with van der Waals surface area (Å²) in [7, 11) is 0. The average molecular weight is 395 g/mol. The van der Waals surface area contributed by atoms with Crippen molar-refractivity contribution in [2.24, 2.45) is 5.92 Å². The molecule has 1 aliphatic heterocycles. The normalized spacial score (nSPS) is 16.9. The highest BCUT2D eigenvalue weighted by molar-refractivity contribution is 5.80. The summed E-state index contributed by atoms with van der Waals surface area (Å²) in [6, 6.07) is 8.67. The molecule has 152 valence electrons. The van der Waals surface area contributed by atoms with Gasteiger partial charge in [-0.1, -0.05) is 0 Å². The Morgan fingerprint density at radius 1 is 1.21 bits per heavy atom. The molecule has 7 heteroatoms. The number of aromatic nitrogens is 3. The summed E-state index contributed by atoms with van der Waals surface area (Å²) in [6.07, 6.45) is 3.73. The molecule has 3 aromatic rings. The minimum atomic E-state index is -0.252. The van der Waals surface area contributed by atoms with Crippen LogP contribution in [0.5, 0.6) is 0 Å². The summed E-state index contributed by atoms with van der Waals surface area (Å²) in [5, 5.41) is 4.04. The third kappa shape index (κ3) is 4.39. The average Bonchev–Trinajstić information content (AvgIpc) is 3.09. The molecule has 0 bridgehead atoms. The van der Waals surface area contributed by atoms with E-state index in [2.05, 4.69) is 20.2 Å². The Bertz CT molecular complexity index is 1010. The fraction of sp³-hybridized carbons (Fsp3) is 0.409.